The summed E-state index contributed by atoms with van der Waals surface area (Å²) in [7, 11) is 0. The molecule has 1 nitrogen and oxygen atoms in total. The van der Waals surface area contributed by atoms with Crippen LogP contribution in [0.15, 0.2) is 34.7 Å². The Hall–Kier alpha value is -1.02. The van der Waals surface area contributed by atoms with Crippen molar-refractivity contribution < 1.29 is 4.79 Å². The fourth-order valence-electron chi connectivity index (χ4n) is 2.08. The zero-order valence-corrected chi connectivity index (χ0v) is 11.1. The lowest BCUT2D eigenvalue weighted by Crippen LogP contribution is -2.07. The van der Waals surface area contributed by atoms with E-state index >= 15 is 0 Å². The van der Waals surface area contributed by atoms with Crippen molar-refractivity contribution in [3.05, 3.63) is 35.4 Å². The van der Waals surface area contributed by atoms with Gasteiger partial charge in [0.1, 0.15) is 0 Å². The smallest absolute Gasteiger partial charge is 0.158 e. The highest BCUT2D eigenvalue weighted by molar-refractivity contribution is 7.99. The van der Waals surface area contributed by atoms with E-state index in [0.717, 1.165) is 42.6 Å². The Morgan fingerprint density at radius 3 is 2.53 bits per heavy atom. The molecule has 0 N–H and O–H groups in total. The molecule has 0 aliphatic heterocycles. The minimum atomic E-state index is 0.336. The average molecular weight is 246 g/mol. The lowest BCUT2D eigenvalue weighted by Gasteiger charge is -2.12. The van der Waals surface area contributed by atoms with Crippen molar-refractivity contribution in [2.75, 3.05) is 5.75 Å². The minimum absolute atomic E-state index is 0.336. The van der Waals surface area contributed by atoms with Crippen molar-refractivity contribution in [1.82, 2.24) is 0 Å². The molecular formula is C15H18OS. The standard InChI is InChI=1S/C15H18OS/c1-2-17-14-9-7-12(8-10-14)11-13-5-3-4-6-15(13)16/h7-11H,2-6H2,1H3/b13-11-. The van der Waals surface area contributed by atoms with E-state index in [-0.39, 0.29) is 0 Å². The lowest BCUT2D eigenvalue weighted by atomic mass is 9.92. The molecule has 17 heavy (non-hydrogen) atoms. The monoisotopic (exact) mass is 246 g/mol. The van der Waals surface area contributed by atoms with Crippen molar-refractivity contribution in [2.45, 2.75) is 37.5 Å². The third-order valence-electron chi connectivity index (χ3n) is 2.99. The van der Waals surface area contributed by atoms with E-state index in [2.05, 4.69) is 37.3 Å². The summed E-state index contributed by atoms with van der Waals surface area (Å²) in [5, 5.41) is 0. The third kappa shape index (κ3) is 3.47. The summed E-state index contributed by atoms with van der Waals surface area (Å²) in [6, 6.07) is 8.47. The molecule has 0 aromatic heterocycles. The first-order chi connectivity index (χ1) is 8.29. The van der Waals surface area contributed by atoms with Crippen LogP contribution in [0, 0.1) is 0 Å². The van der Waals surface area contributed by atoms with Gasteiger partial charge in [-0.2, -0.15) is 0 Å². The number of hydrogen-bond donors (Lipinski definition) is 0. The predicted molar refractivity (Wildman–Crippen MR) is 74.3 cm³/mol. The lowest BCUT2D eigenvalue weighted by molar-refractivity contribution is -0.116. The molecule has 0 bridgehead atoms. The van der Waals surface area contributed by atoms with Crippen LogP contribution < -0.4 is 0 Å². The quantitative estimate of drug-likeness (QED) is 0.583. The molecule has 0 amide bonds. The van der Waals surface area contributed by atoms with E-state index < -0.39 is 0 Å². The Morgan fingerprint density at radius 2 is 1.88 bits per heavy atom. The molecule has 0 unspecified atom stereocenters. The Morgan fingerprint density at radius 1 is 1.18 bits per heavy atom. The number of rotatable bonds is 3. The van der Waals surface area contributed by atoms with E-state index in [1.165, 1.54) is 4.90 Å². The summed E-state index contributed by atoms with van der Waals surface area (Å²) in [5.74, 6) is 1.43. The average Bonchev–Trinajstić information content (AvgIpc) is 2.35. The Kier molecular flexibility index (Phi) is 4.43. The van der Waals surface area contributed by atoms with Gasteiger partial charge in [-0.05, 0) is 54.4 Å². The summed E-state index contributed by atoms with van der Waals surface area (Å²) in [4.78, 5) is 13.0. The third-order valence-corrected chi connectivity index (χ3v) is 3.88. The normalized spacial score (nSPS) is 18.6. The number of ketones is 1. The molecule has 1 aliphatic carbocycles. The van der Waals surface area contributed by atoms with Crippen LogP contribution in [-0.4, -0.2) is 11.5 Å². The first-order valence-corrected chi connectivity index (χ1v) is 7.25. The molecule has 0 saturated heterocycles. The molecule has 1 fully saturated rings. The van der Waals surface area contributed by atoms with Crippen molar-refractivity contribution in [1.29, 1.82) is 0 Å². The maximum atomic E-state index is 11.7. The fraction of sp³-hybridized carbons (Fsp3) is 0.400. The number of thioether (sulfide) groups is 1. The maximum absolute atomic E-state index is 11.7. The number of allylic oxidation sites excluding steroid dienone is 1. The van der Waals surface area contributed by atoms with Gasteiger partial charge >= 0.3 is 0 Å². The van der Waals surface area contributed by atoms with Gasteiger partial charge in [0.15, 0.2) is 5.78 Å². The fourth-order valence-corrected chi connectivity index (χ4v) is 2.74. The largest absolute Gasteiger partial charge is 0.295 e. The molecule has 0 heterocycles. The van der Waals surface area contributed by atoms with Crippen LogP contribution in [0.5, 0.6) is 0 Å². The second-order valence-electron chi connectivity index (χ2n) is 4.30. The van der Waals surface area contributed by atoms with Gasteiger partial charge < -0.3 is 0 Å². The van der Waals surface area contributed by atoms with Crippen molar-refractivity contribution in [3.63, 3.8) is 0 Å². The van der Waals surface area contributed by atoms with Crippen LogP contribution in [0.2, 0.25) is 0 Å². The summed E-state index contributed by atoms with van der Waals surface area (Å²) in [6.45, 7) is 2.15. The molecule has 2 rings (SSSR count). The molecule has 90 valence electrons. The predicted octanol–water partition coefficient (Wildman–Crippen LogP) is 4.33. The highest BCUT2D eigenvalue weighted by Gasteiger charge is 2.14. The minimum Gasteiger partial charge on any atom is -0.295 e. The van der Waals surface area contributed by atoms with Crippen molar-refractivity contribution in [3.8, 4) is 0 Å². The first-order valence-electron chi connectivity index (χ1n) is 6.26. The molecular weight excluding hydrogens is 228 g/mol. The van der Waals surface area contributed by atoms with Gasteiger partial charge in [-0.3, -0.25) is 4.79 Å². The summed E-state index contributed by atoms with van der Waals surface area (Å²) in [6.07, 6.45) is 5.95. The zero-order valence-electron chi connectivity index (χ0n) is 10.2. The summed E-state index contributed by atoms with van der Waals surface area (Å²) >= 11 is 1.84. The molecule has 2 heteroatoms. The molecule has 0 radical (unpaired) electrons. The molecule has 1 aliphatic rings. The Bertz CT molecular complexity index is 417. The highest BCUT2D eigenvalue weighted by atomic mass is 32.2. The number of carbonyl (C=O) groups excluding carboxylic acids is 1. The Labute approximate surface area is 107 Å². The van der Waals surface area contributed by atoms with Gasteiger partial charge in [0.05, 0.1) is 0 Å². The Balaban J connectivity index is 2.11. The van der Waals surface area contributed by atoms with Crippen LogP contribution in [0.25, 0.3) is 6.08 Å². The van der Waals surface area contributed by atoms with E-state index in [1.807, 2.05) is 11.8 Å². The zero-order chi connectivity index (χ0) is 12.1. The molecule has 1 aromatic rings. The maximum Gasteiger partial charge on any atom is 0.158 e. The topological polar surface area (TPSA) is 17.1 Å². The van der Waals surface area contributed by atoms with Crippen LogP contribution in [0.1, 0.15) is 38.2 Å². The van der Waals surface area contributed by atoms with Crippen LogP contribution >= 0.6 is 11.8 Å². The molecule has 1 saturated carbocycles. The van der Waals surface area contributed by atoms with Gasteiger partial charge in [-0.25, -0.2) is 0 Å². The second-order valence-corrected chi connectivity index (χ2v) is 5.64. The summed E-state index contributed by atoms with van der Waals surface area (Å²) in [5.41, 5.74) is 2.16. The van der Waals surface area contributed by atoms with Crippen LogP contribution in [0.3, 0.4) is 0 Å². The summed E-state index contributed by atoms with van der Waals surface area (Å²) < 4.78 is 0. The van der Waals surface area contributed by atoms with Crippen molar-refractivity contribution >= 4 is 23.6 Å². The second kappa shape index (κ2) is 6.06. The first kappa shape index (κ1) is 12.4. The van der Waals surface area contributed by atoms with Gasteiger partial charge in [-0.1, -0.05) is 19.1 Å². The van der Waals surface area contributed by atoms with Gasteiger partial charge in [0.25, 0.3) is 0 Å². The number of hydrogen-bond acceptors (Lipinski definition) is 2. The number of carbonyl (C=O) groups is 1. The molecule has 0 atom stereocenters. The van der Waals surface area contributed by atoms with Gasteiger partial charge in [0.2, 0.25) is 0 Å². The molecule has 0 spiro atoms. The van der Waals surface area contributed by atoms with Crippen molar-refractivity contribution in [2.24, 2.45) is 0 Å². The van der Waals surface area contributed by atoms with Gasteiger partial charge in [0, 0.05) is 11.3 Å². The number of Topliss-reactive ketones (excluding diaryl/α,β-unsaturated/α-hetero) is 1. The van der Waals surface area contributed by atoms with Crippen LogP contribution in [-0.2, 0) is 4.79 Å². The highest BCUT2D eigenvalue weighted by Crippen LogP contribution is 2.23. The molecule has 1 aromatic carbocycles. The van der Waals surface area contributed by atoms with E-state index in [9.17, 15) is 4.79 Å². The van der Waals surface area contributed by atoms with Gasteiger partial charge in [-0.15, -0.1) is 11.8 Å². The van der Waals surface area contributed by atoms with Crippen LogP contribution in [0.4, 0.5) is 0 Å². The van der Waals surface area contributed by atoms with E-state index in [1.54, 1.807) is 0 Å². The van der Waals surface area contributed by atoms with E-state index in [0.29, 0.717) is 5.78 Å². The van der Waals surface area contributed by atoms with E-state index in [4.69, 9.17) is 0 Å². The SMILES string of the molecule is CCSc1ccc(/C=C2/CCCCC2=O)cc1. The number of benzene rings is 1.